The standard InChI is InChI=1S/C20H36/c1-11(2)13(5)19-15(7)17(9)20(14(6)12(3)4)18(10)16(19)8/h13-20H,1,3H2,2,4-10H3. The van der Waals surface area contributed by atoms with Crippen molar-refractivity contribution in [1.82, 2.24) is 0 Å². The molecule has 0 nitrogen and oxygen atoms in total. The number of rotatable bonds is 4. The molecule has 1 saturated carbocycles. The molecule has 0 spiro atoms. The van der Waals surface area contributed by atoms with Crippen LogP contribution < -0.4 is 0 Å². The van der Waals surface area contributed by atoms with E-state index in [4.69, 9.17) is 0 Å². The molecule has 0 aromatic heterocycles. The van der Waals surface area contributed by atoms with Crippen LogP contribution in [0.15, 0.2) is 24.3 Å². The monoisotopic (exact) mass is 276 g/mol. The number of hydrogen-bond donors (Lipinski definition) is 0. The highest BCUT2D eigenvalue weighted by Crippen LogP contribution is 2.52. The van der Waals surface area contributed by atoms with Crippen molar-refractivity contribution in [2.75, 3.05) is 0 Å². The molecule has 1 aliphatic carbocycles. The lowest BCUT2D eigenvalue weighted by atomic mass is 9.53. The number of hydrogen-bond acceptors (Lipinski definition) is 0. The first-order chi connectivity index (χ1) is 9.11. The summed E-state index contributed by atoms with van der Waals surface area (Å²) in [4.78, 5) is 0. The Labute approximate surface area is 127 Å². The minimum absolute atomic E-state index is 0.631. The van der Waals surface area contributed by atoms with Gasteiger partial charge in [-0.05, 0) is 61.2 Å². The van der Waals surface area contributed by atoms with Crippen LogP contribution in [0.25, 0.3) is 0 Å². The molecule has 0 saturated heterocycles. The molecule has 0 aliphatic heterocycles. The lowest BCUT2D eigenvalue weighted by Gasteiger charge is -2.52. The van der Waals surface area contributed by atoms with Crippen LogP contribution in [0.4, 0.5) is 0 Å². The zero-order valence-corrected chi connectivity index (χ0v) is 15.0. The lowest BCUT2D eigenvalue weighted by Crippen LogP contribution is -2.47. The maximum atomic E-state index is 4.22. The fraction of sp³-hybridized carbons (Fsp3) is 0.800. The maximum absolute atomic E-state index is 4.22. The van der Waals surface area contributed by atoms with E-state index >= 15 is 0 Å². The Balaban J connectivity index is 3.08. The second-order valence-electron chi connectivity index (χ2n) is 7.86. The fourth-order valence-electron chi connectivity index (χ4n) is 4.84. The Kier molecular flexibility index (Phi) is 5.70. The summed E-state index contributed by atoms with van der Waals surface area (Å²) >= 11 is 0. The average molecular weight is 277 g/mol. The molecule has 116 valence electrons. The van der Waals surface area contributed by atoms with E-state index in [1.54, 1.807) is 0 Å². The summed E-state index contributed by atoms with van der Waals surface area (Å²) in [5.41, 5.74) is 2.69. The van der Waals surface area contributed by atoms with Crippen molar-refractivity contribution in [1.29, 1.82) is 0 Å². The third-order valence-electron chi connectivity index (χ3n) is 6.80. The van der Waals surface area contributed by atoms with Gasteiger partial charge in [0.05, 0.1) is 0 Å². The third-order valence-corrected chi connectivity index (χ3v) is 6.80. The van der Waals surface area contributed by atoms with Gasteiger partial charge in [-0.25, -0.2) is 0 Å². The van der Waals surface area contributed by atoms with E-state index in [2.05, 4.69) is 68.5 Å². The predicted molar refractivity (Wildman–Crippen MR) is 91.6 cm³/mol. The van der Waals surface area contributed by atoms with Crippen LogP contribution >= 0.6 is 0 Å². The molecule has 1 fully saturated rings. The first-order valence-electron chi connectivity index (χ1n) is 8.42. The minimum Gasteiger partial charge on any atom is -0.0999 e. The smallest absolute Gasteiger partial charge is 0.0203 e. The highest BCUT2D eigenvalue weighted by atomic mass is 14.5. The SMILES string of the molecule is C=C(C)C(C)C1C(C)C(C)C(C(C)C(=C)C)C(C)C1C. The molecule has 0 aromatic carbocycles. The molecule has 1 aliphatic rings. The minimum atomic E-state index is 0.631. The van der Waals surface area contributed by atoms with Gasteiger partial charge in [-0.2, -0.15) is 0 Å². The van der Waals surface area contributed by atoms with Crippen LogP contribution in [0.5, 0.6) is 0 Å². The molecule has 0 radical (unpaired) electrons. The lowest BCUT2D eigenvalue weighted by molar-refractivity contribution is -0.0243. The molecule has 1 rings (SSSR count). The molecule has 6 atom stereocenters. The first kappa shape index (κ1) is 17.5. The van der Waals surface area contributed by atoms with Gasteiger partial charge in [-0.3, -0.25) is 0 Å². The van der Waals surface area contributed by atoms with Crippen LogP contribution in [-0.4, -0.2) is 0 Å². The van der Waals surface area contributed by atoms with Gasteiger partial charge in [0.25, 0.3) is 0 Å². The highest BCUT2D eigenvalue weighted by molar-refractivity contribution is 5.07. The van der Waals surface area contributed by atoms with Gasteiger partial charge < -0.3 is 0 Å². The molecule has 0 N–H and O–H groups in total. The van der Waals surface area contributed by atoms with Crippen molar-refractivity contribution in [2.45, 2.75) is 55.4 Å². The van der Waals surface area contributed by atoms with E-state index in [1.807, 2.05) is 0 Å². The third kappa shape index (κ3) is 3.05. The van der Waals surface area contributed by atoms with E-state index in [1.165, 1.54) is 11.1 Å². The second-order valence-corrected chi connectivity index (χ2v) is 7.86. The van der Waals surface area contributed by atoms with Crippen molar-refractivity contribution >= 4 is 0 Å². The zero-order chi connectivity index (χ0) is 15.8. The molecule has 0 bridgehead atoms. The quantitative estimate of drug-likeness (QED) is 0.536. The molecule has 20 heavy (non-hydrogen) atoms. The Morgan fingerprint density at radius 1 is 0.650 bits per heavy atom. The summed E-state index contributed by atoms with van der Waals surface area (Å²) in [5.74, 6) is 5.85. The van der Waals surface area contributed by atoms with Crippen molar-refractivity contribution < 1.29 is 0 Å². The normalized spacial score (nSPS) is 41.0. The summed E-state index contributed by atoms with van der Waals surface area (Å²) < 4.78 is 0. The molecular formula is C20H36. The fourth-order valence-corrected chi connectivity index (χ4v) is 4.84. The van der Waals surface area contributed by atoms with E-state index in [-0.39, 0.29) is 0 Å². The van der Waals surface area contributed by atoms with E-state index in [0.29, 0.717) is 11.8 Å². The average Bonchev–Trinajstić information content (AvgIpc) is 2.36. The van der Waals surface area contributed by atoms with Crippen LogP contribution in [0.2, 0.25) is 0 Å². The van der Waals surface area contributed by atoms with Gasteiger partial charge >= 0.3 is 0 Å². The van der Waals surface area contributed by atoms with E-state index in [9.17, 15) is 0 Å². The van der Waals surface area contributed by atoms with Crippen molar-refractivity contribution in [3.8, 4) is 0 Å². The van der Waals surface area contributed by atoms with Crippen LogP contribution in [-0.2, 0) is 0 Å². The highest BCUT2D eigenvalue weighted by Gasteiger charge is 2.46. The summed E-state index contributed by atoms with van der Waals surface area (Å²) in [6.07, 6.45) is 0. The van der Waals surface area contributed by atoms with Crippen LogP contribution in [0.1, 0.15) is 55.4 Å². The van der Waals surface area contributed by atoms with Gasteiger partial charge in [0.2, 0.25) is 0 Å². The van der Waals surface area contributed by atoms with Gasteiger partial charge in [-0.15, -0.1) is 0 Å². The molecule has 0 amide bonds. The molecular weight excluding hydrogens is 240 g/mol. The van der Waals surface area contributed by atoms with Crippen molar-refractivity contribution in [3.05, 3.63) is 24.3 Å². The topological polar surface area (TPSA) is 0 Å². The van der Waals surface area contributed by atoms with Crippen LogP contribution in [0, 0.1) is 47.3 Å². The molecule has 0 heterocycles. The number of allylic oxidation sites excluding steroid dienone is 2. The van der Waals surface area contributed by atoms with Crippen molar-refractivity contribution in [2.24, 2.45) is 47.3 Å². The second kappa shape index (κ2) is 6.50. The van der Waals surface area contributed by atoms with E-state index in [0.717, 1.165) is 35.5 Å². The maximum Gasteiger partial charge on any atom is -0.0203 e. The van der Waals surface area contributed by atoms with E-state index < -0.39 is 0 Å². The van der Waals surface area contributed by atoms with Gasteiger partial charge in [0.15, 0.2) is 0 Å². The van der Waals surface area contributed by atoms with Crippen LogP contribution in [0.3, 0.4) is 0 Å². The summed E-state index contributed by atoms with van der Waals surface area (Å²) in [5, 5.41) is 0. The Hall–Kier alpha value is -0.520. The van der Waals surface area contributed by atoms with Crippen molar-refractivity contribution in [3.63, 3.8) is 0 Å². The summed E-state index contributed by atoms with van der Waals surface area (Å²) in [6, 6.07) is 0. The Bertz CT molecular complexity index is 312. The zero-order valence-electron chi connectivity index (χ0n) is 15.0. The first-order valence-corrected chi connectivity index (χ1v) is 8.42. The summed E-state index contributed by atoms with van der Waals surface area (Å²) in [7, 11) is 0. The predicted octanol–water partition coefficient (Wildman–Crippen LogP) is 6.20. The largest absolute Gasteiger partial charge is 0.0999 e. The summed E-state index contributed by atoms with van der Waals surface area (Å²) in [6.45, 7) is 27.5. The molecule has 6 unspecified atom stereocenters. The van der Waals surface area contributed by atoms with Gasteiger partial charge in [0.1, 0.15) is 0 Å². The molecule has 0 heteroatoms. The Morgan fingerprint density at radius 3 is 1.00 bits per heavy atom. The Morgan fingerprint density at radius 2 is 0.850 bits per heavy atom. The van der Waals surface area contributed by atoms with Gasteiger partial charge in [0, 0.05) is 0 Å². The van der Waals surface area contributed by atoms with Gasteiger partial charge in [-0.1, -0.05) is 65.8 Å². The molecule has 0 aromatic rings.